The van der Waals surface area contributed by atoms with Gasteiger partial charge < -0.3 is 9.84 Å². The van der Waals surface area contributed by atoms with Crippen molar-refractivity contribution in [3.8, 4) is 5.75 Å². The minimum Gasteiger partial charge on any atom is -0.423 e. The number of ether oxygens (including phenoxy) is 1. The lowest BCUT2D eigenvalue weighted by atomic mass is 10.1. The Morgan fingerprint density at radius 1 is 1.16 bits per heavy atom. The van der Waals surface area contributed by atoms with Gasteiger partial charge in [0.05, 0.1) is 12.2 Å². The fourth-order valence-corrected chi connectivity index (χ4v) is 1.77. The van der Waals surface area contributed by atoms with E-state index >= 15 is 0 Å². The average Bonchev–Trinajstić information content (AvgIpc) is 2.47. The first-order valence-electron chi connectivity index (χ1n) is 5.88. The first kappa shape index (κ1) is 13.1. The molecule has 0 spiro atoms. The van der Waals surface area contributed by atoms with E-state index in [0.29, 0.717) is 16.9 Å². The first-order valence-corrected chi connectivity index (χ1v) is 5.88. The average molecular weight is 254 g/mol. The van der Waals surface area contributed by atoms with Crippen LogP contribution in [0, 0.1) is 0 Å². The van der Waals surface area contributed by atoms with E-state index in [1.165, 1.54) is 0 Å². The van der Waals surface area contributed by atoms with E-state index in [9.17, 15) is 9.90 Å². The summed E-state index contributed by atoms with van der Waals surface area (Å²) in [6.45, 7) is 3.46. The predicted molar refractivity (Wildman–Crippen MR) is 73.9 cm³/mol. The third-order valence-corrected chi connectivity index (χ3v) is 2.76. The zero-order valence-corrected chi connectivity index (χ0v) is 10.4. The zero-order chi connectivity index (χ0) is 13.7. The quantitative estimate of drug-likeness (QED) is 0.673. The maximum absolute atomic E-state index is 12.0. The minimum absolute atomic E-state index is 0.209. The highest BCUT2D eigenvalue weighted by molar-refractivity contribution is 5.91. The summed E-state index contributed by atoms with van der Waals surface area (Å²) < 4.78 is 5.32. The number of aliphatic hydroxyl groups excluding tert-OH is 1. The third-order valence-electron chi connectivity index (χ3n) is 2.76. The second-order valence-electron chi connectivity index (χ2n) is 3.94. The standard InChI is InChI=1S/C16H14O3/c1-2-12-9-6-10-15(14(12)11-17)19-16(18)13-7-4-3-5-8-13/h2-10,17H,1,11H2. The number of benzene rings is 2. The fourth-order valence-electron chi connectivity index (χ4n) is 1.77. The Morgan fingerprint density at radius 2 is 1.89 bits per heavy atom. The van der Waals surface area contributed by atoms with E-state index in [2.05, 4.69) is 6.58 Å². The van der Waals surface area contributed by atoms with Gasteiger partial charge in [0.1, 0.15) is 5.75 Å². The van der Waals surface area contributed by atoms with Crippen molar-refractivity contribution in [2.75, 3.05) is 0 Å². The molecule has 0 aromatic heterocycles. The molecular formula is C16H14O3. The molecule has 1 N–H and O–H groups in total. The summed E-state index contributed by atoms with van der Waals surface area (Å²) in [4.78, 5) is 12.0. The Balaban J connectivity index is 2.29. The van der Waals surface area contributed by atoms with Gasteiger partial charge in [-0.25, -0.2) is 4.79 Å². The maximum Gasteiger partial charge on any atom is 0.343 e. The molecule has 0 amide bonds. The van der Waals surface area contributed by atoms with Crippen molar-refractivity contribution in [2.24, 2.45) is 0 Å². The molecule has 3 heteroatoms. The summed E-state index contributed by atoms with van der Waals surface area (Å²) in [5.41, 5.74) is 1.78. The van der Waals surface area contributed by atoms with Crippen molar-refractivity contribution in [1.82, 2.24) is 0 Å². The molecule has 3 nitrogen and oxygen atoms in total. The second kappa shape index (κ2) is 5.98. The molecule has 19 heavy (non-hydrogen) atoms. The molecule has 2 aromatic rings. The highest BCUT2D eigenvalue weighted by Crippen LogP contribution is 2.24. The van der Waals surface area contributed by atoms with Gasteiger partial charge in [-0.05, 0) is 23.8 Å². The Labute approximate surface area is 111 Å². The van der Waals surface area contributed by atoms with E-state index in [4.69, 9.17) is 4.74 Å². The Morgan fingerprint density at radius 3 is 2.53 bits per heavy atom. The number of rotatable bonds is 4. The minimum atomic E-state index is -0.448. The van der Waals surface area contributed by atoms with Crippen LogP contribution in [0.5, 0.6) is 5.75 Å². The van der Waals surface area contributed by atoms with Crippen molar-refractivity contribution in [3.05, 3.63) is 71.8 Å². The number of esters is 1. The summed E-state index contributed by atoms with van der Waals surface area (Å²) in [6.07, 6.45) is 1.62. The van der Waals surface area contributed by atoms with Gasteiger partial charge in [0.25, 0.3) is 0 Å². The number of hydrogen-bond donors (Lipinski definition) is 1. The lowest BCUT2D eigenvalue weighted by Crippen LogP contribution is -2.10. The molecule has 0 saturated carbocycles. The molecular weight excluding hydrogens is 240 g/mol. The summed E-state index contributed by atoms with van der Waals surface area (Å²) in [6, 6.07) is 13.9. The zero-order valence-electron chi connectivity index (χ0n) is 10.4. The van der Waals surface area contributed by atoms with E-state index in [0.717, 1.165) is 5.56 Å². The van der Waals surface area contributed by atoms with Crippen LogP contribution in [0.25, 0.3) is 6.08 Å². The predicted octanol–water partition coefficient (Wildman–Crippen LogP) is 3.04. The van der Waals surface area contributed by atoms with Crippen molar-refractivity contribution in [3.63, 3.8) is 0 Å². The number of aliphatic hydroxyl groups is 1. The first-order chi connectivity index (χ1) is 9.26. The van der Waals surface area contributed by atoms with Gasteiger partial charge in [-0.2, -0.15) is 0 Å². The highest BCUT2D eigenvalue weighted by atomic mass is 16.5. The Bertz CT molecular complexity index is 588. The third kappa shape index (κ3) is 2.89. The summed E-state index contributed by atoms with van der Waals surface area (Å²) in [5.74, 6) is -0.0923. The molecule has 0 aliphatic carbocycles. The van der Waals surface area contributed by atoms with Gasteiger partial charge in [-0.3, -0.25) is 0 Å². The van der Waals surface area contributed by atoms with Crippen molar-refractivity contribution in [1.29, 1.82) is 0 Å². The van der Waals surface area contributed by atoms with Crippen LogP contribution in [-0.4, -0.2) is 11.1 Å². The normalized spacial score (nSPS) is 9.95. The molecule has 0 bridgehead atoms. The summed E-state index contributed by atoms with van der Waals surface area (Å²) >= 11 is 0. The van der Waals surface area contributed by atoms with Crippen LogP contribution in [0.1, 0.15) is 21.5 Å². The van der Waals surface area contributed by atoms with Crippen molar-refractivity contribution >= 4 is 12.0 Å². The summed E-state index contributed by atoms with van der Waals surface area (Å²) in [5, 5.41) is 9.37. The molecule has 0 radical (unpaired) electrons. The van der Waals surface area contributed by atoms with Crippen LogP contribution in [0.4, 0.5) is 0 Å². The molecule has 0 heterocycles. The van der Waals surface area contributed by atoms with Gasteiger partial charge in [-0.1, -0.05) is 43.0 Å². The van der Waals surface area contributed by atoms with Crippen molar-refractivity contribution < 1.29 is 14.6 Å². The largest absolute Gasteiger partial charge is 0.423 e. The summed E-state index contributed by atoms with van der Waals surface area (Å²) in [7, 11) is 0. The molecule has 2 rings (SSSR count). The van der Waals surface area contributed by atoms with Gasteiger partial charge in [0.2, 0.25) is 0 Å². The smallest absolute Gasteiger partial charge is 0.343 e. The molecule has 0 saturated heterocycles. The van der Waals surface area contributed by atoms with Gasteiger partial charge in [-0.15, -0.1) is 0 Å². The molecule has 0 fully saturated rings. The van der Waals surface area contributed by atoms with Crippen LogP contribution in [-0.2, 0) is 6.61 Å². The van der Waals surface area contributed by atoms with E-state index < -0.39 is 5.97 Å². The molecule has 2 aromatic carbocycles. The topological polar surface area (TPSA) is 46.5 Å². The van der Waals surface area contributed by atoms with Gasteiger partial charge in [0.15, 0.2) is 0 Å². The van der Waals surface area contributed by atoms with E-state index in [1.54, 1.807) is 48.5 Å². The monoisotopic (exact) mass is 254 g/mol. The maximum atomic E-state index is 12.0. The molecule has 96 valence electrons. The van der Waals surface area contributed by atoms with Gasteiger partial charge >= 0.3 is 5.97 Å². The molecule has 0 atom stereocenters. The molecule has 0 aliphatic rings. The fraction of sp³-hybridized carbons (Fsp3) is 0.0625. The van der Waals surface area contributed by atoms with E-state index in [-0.39, 0.29) is 6.61 Å². The van der Waals surface area contributed by atoms with Crippen LogP contribution in [0.2, 0.25) is 0 Å². The Hall–Kier alpha value is -2.39. The van der Waals surface area contributed by atoms with Gasteiger partial charge in [0, 0.05) is 5.56 Å². The van der Waals surface area contributed by atoms with E-state index in [1.807, 2.05) is 6.07 Å². The lowest BCUT2D eigenvalue weighted by Gasteiger charge is -2.10. The number of carbonyl (C=O) groups excluding carboxylic acids is 1. The number of hydrogen-bond acceptors (Lipinski definition) is 3. The van der Waals surface area contributed by atoms with Crippen LogP contribution < -0.4 is 4.74 Å². The van der Waals surface area contributed by atoms with Crippen LogP contribution in [0.3, 0.4) is 0 Å². The van der Waals surface area contributed by atoms with Crippen LogP contribution in [0.15, 0.2) is 55.1 Å². The van der Waals surface area contributed by atoms with Crippen molar-refractivity contribution in [2.45, 2.75) is 6.61 Å². The molecule has 0 unspecified atom stereocenters. The SMILES string of the molecule is C=Cc1cccc(OC(=O)c2ccccc2)c1CO. The highest BCUT2D eigenvalue weighted by Gasteiger charge is 2.12. The number of carbonyl (C=O) groups is 1. The Kier molecular flexibility index (Phi) is 4.11. The molecule has 0 aliphatic heterocycles. The second-order valence-corrected chi connectivity index (χ2v) is 3.94. The lowest BCUT2D eigenvalue weighted by molar-refractivity contribution is 0.0731. The van der Waals surface area contributed by atoms with Crippen LogP contribution >= 0.6 is 0 Å².